The van der Waals surface area contributed by atoms with Gasteiger partial charge in [0.25, 0.3) is 0 Å². The summed E-state index contributed by atoms with van der Waals surface area (Å²) in [6, 6.07) is 11.5. The molecule has 5 heterocycles. The Labute approximate surface area is 377 Å². The van der Waals surface area contributed by atoms with Crippen LogP contribution in [0.2, 0.25) is 0 Å². The van der Waals surface area contributed by atoms with Crippen molar-refractivity contribution in [2.75, 3.05) is 4.90 Å². The Hall–Kier alpha value is -6.46. The third kappa shape index (κ3) is 5.01. The van der Waals surface area contributed by atoms with Crippen LogP contribution in [0.4, 0.5) is 17.1 Å². The van der Waals surface area contributed by atoms with Crippen molar-refractivity contribution in [1.82, 2.24) is 9.05 Å². The largest absolute Gasteiger partial charge is 0.466 e. The summed E-state index contributed by atoms with van der Waals surface area (Å²) >= 11 is 0. The van der Waals surface area contributed by atoms with Crippen LogP contribution in [0.1, 0.15) is 98.2 Å². The number of rotatable bonds is 2. The van der Waals surface area contributed by atoms with Gasteiger partial charge < -0.3 is 18.4 Å². The van der Waals surface area contributed by atoms with Gasteiger partial charge in [-0.25, -0.2) is 0 Å². The Kier molecular flexibility index (Phi) is 4.90. The molecule has 0 atom stereocenters. The van der Waals surface area contributed by atoms with Gasteiger partial charge >= 0.3 is 6.85 Å². The number of hydrogen-bond acceptors (Lipinski definition) is 2. The van der Waals surface area contributed by atoms with Crippen molar-refractivity contribution in [3.05, 3.63) is 156 Å². The fraction of sp³-hybridized carbons (Fsp3) is 0.214. The molecule has 3 aromatic heterocycles. The standard InChI is InChI=1S/C56H50BN3O/c1-54(2,3)33-24-26-44-39(28-33)41-32-42-40-30-35(56(7,8)9)31-46-49(40)57(53-52(38-22-16-17-23-47(38)61-53)59(46)37-20-14-11-15-21-37)60-45-27-25-34(55(4,5)6)29-43(45)48(51(42)60)50(41)58(44)36-18-12-10-13-19-36/h10-32H,1-9H3/i10D,11D,12D,13D,14D,15D,16D,17D,18D,19D,20D,21D,22D,23D. The van der Waals surface area contributed by atoms with Gasteiger partial charge in [-0.15, -0.1) is 0 Å². The van der Waals surface area contributed by atoms with Crippen LogP contribution in [-0.4, -0.2) is 15.9 Å². The maximum atomic E-state index is 9.51. The molecule has 0 saturated carbocycles. The molecule has 7 aromatic carbocycles. The van der Waals surface area contributed by atoms with Crippen molar-refractivity contribution < 1.29 is 23.6 Å². The van der Waals surface area contributed by atoms with Crippen molar-refractivity contribution in [3.63, 3.8) is 0 Å². The second-order valence-electron chi connectivity index (χ2n) is 19.6. The highest BCUT2D eigenvalue weighted by Gasteiger charge is 2.47. The number of anilines is 3. The van der Waals surface area contributed by atoms with E-state index >= 15 is 0 Å². The van der Waals surface area contributed by atoms with Crippen molar-refractivity contribution in [2.24, 2.45) is 0 Å². The molecule has 298 valence electrons. The van der Waals surface area contributed by atoms with Gasteiger partial charge in [0.05, 0.1) is 35.9 Å². The number of hydrogen-bond donors (Lipinski definition) is 0. The van der Waals surface area contributed by atoms with Crippen LogP contribution in [0, 0.1) is 0 Å². The van der Waals surface area contributed by atoms with Crippen molar-refractivity contribution in [1.29, 1.82) is 0 Å². The fourth-order valence-corrected chi connectivity index (χ4v) is 9.82. The van der Waals surface area contributed by atoms with Crippen molar-refractivity contribution in [3.8, 4) is 16.8 Å². The number of para-hydroxylation sites is 3. The molecule has 0 spiro atoms. The smallest absolute Gasteiger partial charge is 0.375 e. The molecule has 0 radical (unpaired) electrons. The summed E-state index contributed by atoms with van der Waals surface area (Å²) in [7, 11) is 0. The normalized spacial score (nSPS) is 17.1. The molecule has 12 rings (SSSR count). The number of fused-ring (bicyclic) bond motifs is 13. The second-order valence-corrected chi connectivity index (χ2v) is 19.6. The average molecular weight is 806 g/mol. The zero-order chi connectivity index (χ0) is 54.1. The number of furan rings is 1. The van der Waals surface area contributed by atoms with Gasteiger partial charge in [0.1, 0.15) is 11.2 Å². The minimum absolute atomic E-state index is 0.0176. The zero-order valence-corrected chi connectivity index (χ0v) is 35.5. The monoisotopic (exact) mass is 805 g/mol. The molecule has 5 heteroatoms. The Morgan fingerprint density at radius 3 is 1.80 bits per heavy atom. The maximum Gasteiger partial charge on any atom is 0.375 e. The van der Waals surface area contributed by atoms with Gasteiger partial charge in [-0.2, -0.15) is 0 Å². The van der Waals surface area contributed by atoms with Gasteiger partial charge in [-0.05, 0) is 117 Å². The maximum absolute atomic E-state index is 9.51. The van der Waals surface area contributed by atoms with Gasteiger partial charge in [0.2, 0.25) is 0 Å². The molecule has 0 amide bonds. The molecule has 0 unspecified atom stereocenters. The Bertz CT molecular complexity index is 4260. The molecule has 0 bridgehead atoms. The van der Waals surface area contributed by atoms with Gasteiger partial charge in [-0.1, -0.05) is 129 Å². The van der Waals surface area contributed by atoms with E-state index in [9.17, 15) is 8.22 Å². The summed E-state index contributed by atoms with van der Waals surface area (Å²) in [5, 5.41) is 2.98. The third-order valence-corrected chi connectivity index (χ3v) is 12.8. The van der Waals surface area contributed by atoms with Crippen LogP contribution >= 0.6 is 0 Å². The number of aromatic nitrogens is 2. The van der Waals surface area contributed by atoms with E-state index < -0.39 is 84.8 Å². The minimum Gasteiger partial charge on any atom is -0.466 e. The first kappa shape index (κ1) is 24.7. The van der Waals surface area contributed by atoms with Crippen LogP contribution < -0.4 is 16.0 Å². The molecule has 61 heavy (non-hydrogen) atoms. The van der Waals surface area contributed by atoms with E-state index in [1.165, 1.54) is 0 Å². The minimum atomic E-state index is -0.953. The van der Waals surface area contributed by atoms with Crippen molar-refractivity contribution in [2.45, 2.75) is 78.6 Å². The van der Waals surface area contributed by atoms with Crippen LogP contribution in [0.5, 0.6) is 0 Å². The average Bonchev–Trinajstić information content (AvgIpc) is 4.15. The number of nitrogens with zero attached hydrogens (tertiary/aromatic N) is 3. The molecule has 2 aliphatic rings. The fourth-order valence-electron chi connectivity index (χ4n) is 9.82. The summed E-state index contributed by atoms with van der Waals surface area (Å²) in [6.07, 6.45) is 0. The van der Waals surface area contributed by atoms with Gasteiger partial charge in [0, 0.05) is 60.6 Å². The van der Waals surface area contributed by atoms with E-state index in [-0.39, 0.29) is 56.6 Å². The van der Waals surface area contributed by atoms with Crippen molar-refractivity contribution >= 4 is 89.6 Å². The molecular weight excluding hydrogens is 741 g/mol. The van der Waals surface area contributed by atoms with E-state index in [1.54, 1.807) is 4.90 Å². The molecule has 10 aromatic rings. The number of benzene rings is 7. The second kappa shape index (κ2) is 12.1. The Balaban J connectivity index is 1.39. The van der Waals surface area contributed by atoms with Crippen LogP contribution in [0.15, 0.2) is 144 Å². The predicted molar refractivity (Wildman–Crippen MR) is 260 cm³/mol. The predicted octanol–water partition coefficient (Wildman–Crippen LogP) is 13.9. The molecule has 0 fully saturated rings. The topological polar surface area (TPSA) is 26.2 Å². The molecule has 0 N–H and O–H groups in total. The highest BCUT2D eigenvalue weighted by molar-refractivity contribution is 6.89. The lowest BCUT2D eigenvalue weighted by Gasteiger charge is -2.39. The molecular formula is C56H50BN3O. The summed E-state index contributed by atoms with van der Waals surface area (Å²) in [5.41, 5.74) is 6.55. The first-order valence-electron chi connectivity index (χ1n) is 27.7. The lowest BCUT2D eigenvalue weighted by molar-refractivity contribution is 0.590. The quantitative estimate of drug-likeness (QED) is 0.163. The lowest BCUT2D eigenvalue weighted by Crippen LogP contribution is -2.56. The van der Waals surface area contributed by atoms with E-state index in [4.69, 9.17) is 15.4 Å². The van der Waals surface area contributed by atoms with E-state index in [2.05, 4.69) is 97.1 Å². The molecule has 2 aliphatic heterocycles. The molecule has 0 saturated heterocycles. The van der Waals surface area contributed by atoms with Crippen LogP contribution in [0.25, 0.3) is 71.4 Å². The molecule has 0 aliphatic carbocycles. The van der Waals surface area contributed by atoms with Crippen LogP contribution in [0.3, 0.4) is 0 Å². The third-order valence-electron chi connectivity index (χ3n) is 12.8. The highest BCUT2D eigenvalue weighted by atomic mass is 16.3. The highest BCUT2D eigenvalue weighted by Crippen LogP contribution is 2.52. The van der Waals surface area contributed by atoms with Crippen LogP contribution in [-0.2, 0) is 16.2 Å². The van der Waals surface area contributed by atoms with E-state index in [0.717, 1.165) is 44.0 Å². The van der Waals surface area contributed by atoms with Gasteiger partial charge in [0.15, 0.2) is 0 Å². The zero-order valence-electron chi connectivity index (χ0n) is 49.5. The summed E-state index contributed by atoms with van der Waals surface area (Å²) in [4.78, 5) is 1.55. The lowest BCUT2D eigenvalue weighted by atomic mass is 9.47. The SMILES string of the molecule is [2H]c1c([2H])c([2H])c(N2c3cc(C(C)(C)C)cc4c3B(c3oc5c([2H])c([2H])c([2H])c([2H])c5c32)n2c3ccc(C(C)(C)C)cc3c3c2c-4cc2c4cc(C(C)(C)C)ccc4n(-c4c([2H])c([2H])c([2H])c([2H])c4[2H])c23)c([2H])c1[2H]. The Morgan fingerprint density at radius 2 is 1.13 bits per heavy atom. The summed E-state index contributed by atoms with van der Waals surface area (Å²) < 4.78 is 138. The summed E-state index contributed by atoms with van der Waals surface area (Å²) in [6.45, 7) is 17.9. The van der Waals surface area contributed by atoms with E-state index in [1.807, 2.05) is 28.8 Å². The van der Waals surface area contributed by atoms with Gasteiger partial charge in [-0.3, -0.25) is 0 Å². The first-order valence-corrected chi connectivity index (χ1v) is 20.7. The van der Waals surface area contributed by atoms with E-state index in [0.29, 0.717) is 38.6 Å². The first-order chi connectivity index (χ1) is 35.0. The molecule has 4 nitrogen and oxygen atoms in total. The Morgan fingerprint density at radius 1 is 0.525 bits per heavy atom. The summed E-state index contributed by atoms with van der Waals surface area (Å²) in [5.74, 6) is 0.